The summed E-state index contributed by atoms with van der Waals surface area (Å²) < 4.78 is 6.00. The van der Waals surface area contributed by atoms with Gasteiger partial charge in [-0.1, -0.05) is 32.8 Å². The van der Waals surface area contributed by atoms with E-state index >= 15 is 0 Å². The molecule has 140 valence electrons. The Balaban J connectivity index is 1.75. The molecular formula is C23H25NO3. The van der Waals surface area contributed by atoms with Crippen molar-refractivity contribution in [2.45, 2.75) is 46.0 Å². The highest BCUT2D eigenvalue weighted by Crippen LogP contribution is 2.28. The third-order valence-corrected chi connectivity index (χ3v) is 4.64. The molecule has 0 bridgehead atoms. The summed E-state index contributed by atoms with van der Waals surface area (Å²) in [4.78, 5) is 24.7. The first kappa shape index (κ1) is 18.9. The molecule has 3 rings (SSSR count). The van der Waals surface area contributed by atoms with Crippen molar-refractivity contribution in [2.75, 3.05) is 4.90 Å². The number of carbonyl (C=O) groups excluding carboxylic acids is 2. The second-order valence-electron chi connectivity index (χ2n) is 6.73. The van der Waals surface area contributed by atoms with Crippen molar-refractivity contribution in [3.05, 3.63) is 65.7 Å². The van der Waals surface area contributed by atoms with Crippen LogP contribution < -0.4 is 9.64 Å². The molecule has 0 fully saturated rings. The van der Waals surface area contributed by atoms with Crippen LogP contribution in [0.5, 0.6) is 11.5 Å². The first-order valence-electron chi connectivity index (χ1n) is 9.58. The SMILES string of the molecule is CCCCc1cc(Oc2ccc(N3C(=O)C=CC3=O)cc2)ccc1CCC. The van der Waals surface area contributed by atoms with Crippen LogP contribution in [0.15, 0.2) is 54.6 Å². The third kappa shape index (κ3) is 4.45. The summed E-state index contributed by atoms with van der Waals surface area (Å²) in [6.07, 6.45) is 8.17. The number of amides is 2. The molecule has 4 heteroatoms. The predicted octanol–water partition coefficient (Wildman–Crippen LogP) is 5.20. The van der Waals surface area contributed by atoms with Gasteiger partial charge in [-0.25, -0.2) is 4.90 Å². The molecule has 27 heavy (non-hydrogen) atoms. The van der Waals surface area contributed by atoms with Crippen LogP contribution in [-0.4, -0.2) is 11.8 Å². The molecule has 1 aliphatic rings. The number of carbonyl (C=O) groups is 2. The fraction of sp³-hybridized carbons (Fsp3) is 0.304. The normalized spacial score (nSPS) is 13.5. The Hall–Kier alpha value is -2.88. The number of hydrogen-bond acceptors (Lipinski definition) is 3. The maximum atomic E-state index is 11.8. The summed E-state index contributed by atoms with van der Waals surface area (Å²) in [7, 11) is 0. The van der Waals surface area contributed by atoms with Crippen LogP contribution in [0.1, 0.15) is 44.2 Å². The Bertz CT molecular complexity index is 834. The summed E-state index contributed by atoms with van der Waals surface area (Å²) in [5.74, 6) is 0.848. The minimum absolute atomic E-state index is 0.319. The summed E-state index contributed by atoms with van der Waals surface area (Å²) in [6.45, 7) is 4.40. The molecule has 0 radical (unpaired) electrons. The van der Waals surface area contributed by atoms with Crippen molar-refractivity contribution >= 4 is 17.5 Å². The molecule has 0 saturated carbocycles. The van der Waals surface area contributed by atoms with E-state index < -0.39 is 0 Å². The standard InChI is InChI=1S/C23H25NO3/c1-3-5-7-18-16-21(11-8-17(18)6-4-2)27-20-12-9-19(10-13-20)24-22(25)14-15-23(24)26/h8-16H,3-7H2,1-2H3. The highest BCUT2D eigenvalue weighted by Gasteiger charge is 2.24. The number of anilines is 1. The maximum absolute atomic E-state index is 11.8. The average molecular weight is 363 g/mol. The lowest BCUT2D eigenvalue weighted by molar-refractivity contribution is -0.119. The van der Waals surface area contributed by atoms with Crippen LogP contribution in [0, 0.1) is 0 Å². The topological polar surface area (TPSA) is 46.6 Å². The molecule has 0 N–H and O–H groups in total. The summed E-state index contributed by atoms with van der Waals surface area (Å²) in [6, 6.07) is 13.3. The van der Waals surface area contributed by atoms with E-state index in [9.17, 15) is 9.59 Å². The van der Waals surface area contributed by atoms with Gasteiger partial charge in [0.25, 0.3) is 11.8 Å². The largest absolute Gasteiger partial charge is 0.457 e. The van der Waals surface area contributed by atoms with Crippen molar-refractivity contribution in [3.63, 3.8) is 0 Å². The van der Waals surface area contributed by atoms with Gasteiger partial charge < -0.3 is 4.74 Å². The highest BCUT2D eigenvalue weighted by atomic mass is 16.5. The number of unbranched alkanes of at least 4 members (excludes halogenated alkanes) is 1. The van der Waals surface area contributed by atoms with Crippen LogP contribution in [-0.2, 0) is 22.4 Å². The van der Waals surface area contributed by atoms with Gasteiger partial charge in [-0.2, -0.15) is 0 Å². The zero-order chi connectivity index (χ0) is 19.2. The van der Waals surface area contributed by atoms with Crippen LogP contribution >= 0.6 is 0 Å². The van der Waals surface area contributed by atoms with Crippen molar-refractivity contribution in [1.82, 2.24) is 0 Å². The zero-order valence-corrected chi connectivity index (χ0v) is 15.9. The number of rotatable bonds is 8. The van der Waals surface area contributed by atoms with Crippen molar-refractivity contribution in [1.29, 1.82) is 0 Å². The predicted molar refractivity (Wildman–Crippen MR) is 107 cm³/mol. The number of ether oxygens (including phenoxy) is 1. The van der Waals surface area contributed by atoms with Gasteiger partial charge in [-0.05, 0) is 66.8 Å². The number of aryl methyl sites for hydroxylation is 2. The van der Waals surface area contributed by atoms with Crippen LogP contribution in [0.3, 0.4) is 0 Å². The Kier molecular flexibility index (Phi) is 6.07. The van der Waals surface area contributed by atoms with E-state index in [0.29, 0.717) is 11.4 Å². The first-order valence-corrected chi connectivity index (χ1v) is 9.58. The second kappa shape index (κ2) is 8.67. The van der Waals surface area contributed by atoms with Crippen LogP contribution in [0.2, 0.25) is 0 Å². The molecule has 1 aliphatic heterocycles. The number of nitrogens with zero attached hydrogens (tertiary/aromatic N) is 1. The van der Waals surface area contributed by atoms with Crippen molar-refractivity contribution < 1.29 is 14.3 Å². The lowest BCUT2D eigenvalue weighted by Crippen LogP contribution is -2.29. The van der Waals surface area contributed by atoms with Gasteiger partial charge in [0, 0.05) is 12.2 Å². The van der Waals surface area contributed by atoms with E-state index in [4.69, 9.17) is 4.74 Å². The van der Waals surface area contributed by atoms with E-state index in [1.165, 1.54) is 36.1 Å². The summed E-state index contributed by atoms with van der Waals surface area (Å²) in [5, 5.41) is 0. The Labute approximate surface area is 160 Å². The quantitative estimate of drug-likeness (QED) is 0.605. The second-order valence-corrected chi connectivity index (χ2v) is 6.73. The Morgan fingerprint density at radius 2 is 1.44 bits per heavy atom. The van der Waals surface area contributed by atoms with Gasteiger partial charge in [0.1, 0.15) is 11.5 Å². The van der Waals surface area contributed by atoms with Gasteiger partial charge in [0.15, 0.2) is 0 Å². The van der Waals surface area contributed by atoms with Gasteiger partial charge in [0.2, 0.25) is 0 Å². The lowest BCUT2D eigenvalue weighted by atomic mass is 9.98. The fourth-order valence-corrected chi connectivity index (χ4v) is 3.23. The number of benzene rings is 2. The number of hydrogen-bond donors (Lipinski definition) is 0. The minimum atomic E-state index is -0.319. The fourth-order valence-electron chi connectivity index (χ4n) is 3.23. The molecule has 0 unspecified atom stereocenters. The molecule has 4 nitrogen and oxygen atoms in total. The highest BCUT2D eigenvalue weighted by molar-refractivity contribution is 6.28. The van der Waals surface area contributed by atoms with Gasteiger partial charge in [0.05, 0.1) is 5.69 Å². The average Bonchev–Trinajstić information content (AvgIpc) is 3.01. The molecule has 2 amide bonds. The summed E-state index contributed by atoms with van der Waals surface area (Å²) in [5.41, 5.74) is 3.30. The maximum Gasteiger partial charge on any atom is 0.258 e. The van der Waals surface area contributed by atoms with Crippen molar-refractivity contribution in [3.8, 4) is 11.5 Å². The van der Waals surface area contributed by atoms with Gasteiger partial charge in [-0.3, -0.25) is 9.59 Å². The molecule has 2 aromatic carbocycles. The van der Waals surface area contributed by atoms with E-state index in [2.05, 4.69) is 26.0 Å². The Morgan fingerprint density at radius 1 is 0.778 bits per heavy atom. The first-order chi connectivity index (χ1) is 13.1. The van der Waals surface area contributed by atoms with Gasteiger partial charge in [-0.15, -0.1) is 0 Å². The molecule has 0 atom stereocenters. The van der Waals surface area contributed by atoms with E-state index in [1.807, 2.05) is 6.07 Å². The Morgan fingerprint density at radius 3 is 2.07 bits per heavy atom. The van der Waals surface area contributed by atoms with E-state index in [0.717, 1.165) is 29.9 Å². The van der Waals surface area contributed by atoms with E-state index in [1.54, 1.807) is 24.3 Å². The lowest BCUT2D eigenvalue weighted by Gasteiger charge is -2.15. The zero-order valence-electron chi connectivity index (χ0n) is 15.9. The molecule has 0 spiro atoms. The number of imide groups is 1. The summed E-state index contributed by atoms with van der Waals surface area (Å²) >= 11 is 0. The monoisotopic (exact) mass is 363 g/mol. The molecular weight excluding hydrogens is 338 g/mol. The molecule has 2 aromatic rings. The van der Waals surface area contributed by atoms with Crippen molar-refractivity contribution in [2.24, 2.45) is 0 Å². The molecule has 0 aliphatic carbocycles. The minimum Gasteiger partial charge on any atom is -0.457 e. The van der Waals surface area contributed by atoms with Crippen LogP contribution in [0.25, 0.3) is 0 Å². The third-order valence-electron chi connectivity index (χ3n) is 4.64. The molecule has 0 saturated heterocycles. The molecule has 0 aromatic heterocycles. The smallest absolute Gasteiger partial charge is 0.258 e. The van der Waals surface area contributed by atoms with Gasteiger partial charge >= 0.3 is 0 Å². The van der Waals surface area contributed by atoms with E-state index in [-0.39, 0.29) is 11.8 Å². The van der Waals surface area contributed by atoms with Crippen LogP contribution in [0.4, 0.5) is 5.69 Å². The molecule has 1 heterocycles.